The molecule has 2 aliphatic heterocycles. The lowest BCUT2D eigenvalue weighted by molar-refractivity contribution is -0.130. The highest BCUT2D eigenvalue weighted by molar-refractivity contribution is 6.31. The highest BCUT2D eigenvalue weighted by atomic mass is 35.5. The number of hydrogen-bond acceptors (Lipinski definition) is 7. The van der Waals surface area contributed by atoms with Crippen molar-refractivity contribution in [2.24, 2.45) is 0 Å². The lowest BCUT2D eigenvalue weighted by Gasteiger charge is -2.42. The molecule has 1 fully saturated rings. The molecular formula is C24H20BClF2N8O2. The van der Waals surface area contributed by atoms with Crippen LogP contribution in [0.2, 0.25) is 5.02 Å². The minimum atomic E-state index is -0.650. The van der Waals surface area contributed by atoms with Gasteiger partial charge in [0, 0.05) is 28.8 Å². The Morgan fingerprint density at radius 3 is 2.84 bits per heavy atom. The number of imidazole rings is 1. The second-order valence-corrected chi connectivity index (χ2v) is 9.98. The average Bonchev–Trinajstić information content (AvgIpc) is 3.65. The molecular weight excluding hydrogens is 517 g/mol. The van der Waals surface area contributed by atoms with Gasteiger partial charge in [-0.15, -0.1) is 5.10 Å². The van der Waals surface area contributed by atoms with Crippen LogP contribution in [-0.4, -0.2) is 64.4 Å². The molecule has 10 nitrogen and oxygen atoms in total. The summed E-state index contributed by atoms with van der Waals surface area (Å²) in [7, 11) is 1.96. The van der Waals surface area contributed by atoms with E-state index in [1.807, 2.05) is 7.85 Å². The van der Waals surface area contributed by atoms with Crippen LogP contribution in [0, 0.1) is 11.6 Å². The Morgan fingerprint density at radius 1 is 1.24 bits per heavy atom. The number of aliphatic hydroxyl groups is 1. The number of rotatable bonds is 5. The Hall–Kier alpha value is -3.97. The number of benzene rings is 1. The summed E-state index contributed by atoms with van der Waals surface area (Å²) in [6.07, 6.45) is 7.29. The van der Waals surface area contributed by atoms with Crippen molar-refractivity contribution >= 4 is 30.9 Å². The van der Waals surface area contributed by atoms with Crippen LogP contribution in [0.25, 0.3) is 22.5 Å². The number of hydrogen-bond donors (Lipinski definition) is 2. The first-order valence-corrected chi connectivity index (χ1v) is 12.2. The highest BCUT2D eigenvalue weighted by Crippen LogP contribution is 2.48. The molecule has 192 valence electrons. The number of tetrazole rings is 1. The zero-order chi connectivity index (χ0) is 26.6. The number of H-pyrrole nitrogens is 1. The third kappa shape index (κ3) is 3.81. The van der Waals surface area contributed by atoms with Gasteiger partial charge < -0.3 is 15.0 Å². The van der Waals surface area contributed by atoms with Gasteiger partial charge in [-0.3, -0.25) is 9.78 Å². The van der Waals surface area contributed by atoms with Gasteiger partial charge in [0.25, 0.3) is 0 Å². The standard InChI is InChI=1S/C24H20BClF2N8O2/c25-24-5-3-18(23-30-9-15(32-23)13-4-6-29-16(10-37)21(13)27)36(24)19(38)7-12(8-24)20-17(35-11-31-33-34-35)2-1-14(26)22(20)28/h1-2,4,6-7,9,11,18,37H,3,5,8,10,25H2,(H,30,32)/t18-,24+/m0/s1. The average molecular weight is 537 g/mol. The third-order valence-electron chi connectivity index (χ3n) is 7.26. The van der Waals surface area contributed by atoms with Crippen molar-refractivity contribution in [3.63, 3.8) is 0 Å². The van der Waals surface area contributed by atoms with E-state index in [4.69, 9.17) is 11.6 Å². The van der Waals surface area contributed by atoms with E-state index < -0.39 is 23.7 Å². The number of fused-ring (bicyclic) bond motifs is 1. The fourth-order valence-corrected chi connectivity index (χ4v) is 5.68. The van der Waals surface area contributed by atoms with Crippen LogP contribution in [0.4, 0.5) is 8.78 Å². The zero-order valence-corrected chi connectivity index (χ0v) is 20.8. The maximum Gasteiger partial charge on any atom is 0.247 e. The van der Waals surface area contributed by atoms with E-state index in [1.165, 1.54) is 41.6 Å². The second kappa shape index (κ2) is 9.10. The molecule has 6 rings (SSSR count). The summed E-state index contributed by atoms with van der Waals surface area (Å²) >= 11 is 6.12. The summed E-state index contributed by atoms with van der Waals surface area (Å²) in [6.45, 7) is -0.527. The quantitative estimate of drug-likeness (QED) is 0.375. The molecule has 4 aromatic rings. The first-order chi connectivity index (χ1) is 18.3. The predicted molar refractivity (Wildman–Crippen MR) is 135 cm³/mol. The van der Waals surface area contributed by atoms with Crippen molar-refractivity contribution in [1.29, 1.82) is 0 Å². The summed E-state index contributed by atoms with van der Waals surface area (Å²) in [4.78, 5) is 26.8. The van der Waals surface area contributed by atoms with Crippen molar-refractivity contribution in [3.05, 3.63) is 76.7 Å². The van der Waals surface area contributed by atoms with Gasteiger partial charge >= 0.3 is 0 Å². The van der Waals surface area contributed by atoms with Gasteiger partial charge in [0.1, 0.15) is 25.7 Å². The van der Waals surface area contributed by atoms with E-state index in [-0.39, 0.29) is 33.8 Å². The van der Waals surface area contributed by atoms with E-state index >= 15 is 4.39 Å². The molecule has 14 heteroatoms. The Bertz CT molecular complexity index is 1590. The van der Waals surface area contributed by atoms with Gasteiger partial charge in [0.2, 0.25) is 5.91 Å². The number of aromatic nitrogens is 7. The van der Waals surface area contributed by atoms with Gasteiger partial charge in [0.15, 0.2) is 11.6 Å². The van der Waals surface area contributed by atoms with Crippen molar-refractivity contribution < 1.29 is 18.7 Å². The first kappa shape index (κ1) is 24.4. The van der Waals surface area contributed by atoms with E-state index in [1.54, 1.807) is 11.0 Å². The van der Waals surface area contributed by atoms with Crippen LogP contribution in [-0.2, 0) is 11.4 Å². The summed E-state index contributed by atoms with van der Waals surface area (Å²) in [5, 5.41) is 20.4. The molecule has 0 radical (unpaired) electrons. The van der Waals surface area contributed by atoms with Gasteiger partial charge in [-0.1, -0.05) is 11.6 Å². The van der Waals surface area contributed by atoms with Crippen molar-refractivity contribution in [3.8, 4) is 16.9 Å². The Kier molecular flexibility index (Phi) is 5.84. The van der Waals surface area contributed by atoms with Crippen molar-refractivity contribution in [1.82, 2.24) is 40.1 Å². The summed E-state index contributed by atoms with van der Waals surface area (Å²) < 4.78 is 31.5. The van der Waals surface area contributed by atoms with Crippen molar-refractivity contribution in [2.45, 2.75) is 37.3 Å². The van der Waals surface area contributed by atoms with Gasteiger partial charge in [-0.2, -0.15) is 4.68 Å². The third-order valence-corrected chi connectivity index (χ3v) is 7.55. The largest absolute Gasteiger partial charge is 0.390 e. The Balaban J connectivity index is 1.36. The maximum atomic E-state index is 15.4. The fraction of sp³-hybridized carbons (Fsp3) is 0.250. The Morgan fingerprint density at radius 2 is 2.08 bits per heavy atom. The lowest BCUT2D eigenvalue weighted by Crippen LogP contribution is -2.51. The van der Waals surface area contributed by atoms with Crippen LogP contribution < -0.4 is 0 Å². The number of halogens is 3. The molecule has 0 saturated carbocycles. The molecule has 5 heterocycles. The summed E-state index contributed by atoms with van der Waals surface area (Å²) in [6, 6.07) is 4.14. The molecule has 1 amide bonds. The van der Waals surface area contributed by atoms with Crippen molar-refractivity contribution in [2.75, 3.05) is 0 Å². The monoisotopic (exact) mass is 536 g/mol. The van der Waals surface area contributed by atoms with Gasteiger partial charge in [0.05, 0.1) is 35.2 Å². The topological polar surface area (TPSA) is 126 Å². The number of nitrogens with zero attached hydrogens (tertiary/aromatic N) is 7. The van der Waals surface area contributed by atoms with Crippen LogP contribution >= 0.6 is 11.6 Å². The molecule has 38 heavy (non-hydrogen) atoms. The Labute approximate surface area is 220 Å². The SMILES string of the molecule is B[C@]12CC[C@@H](c3ncc(-c4ccnc(CO)c4F)[nH]3)N1C(=O)C=C(c1c(-n3cnnn3)ccc(Cl)c1F)C2. The molecule has 3 aromatic heterocycles. The molecule has 2 atom stereocenters. The normalized spacial score (nSPS) is 21.1. The van der Waals surface area contributed by atoms with E-state index in [2.05, 4.69) is 30.5 Å². The molecule has 0 spiro atoms. The molecule has 0 bridgehead atoms. The van der Waals surface area contributed by atoms with Gasteiger partial charge in [-0.05, 0) is 53.5 Å². The molecule has 1 saturated heterocycles. The summed E-state index contributed by atoms with van der Waals surface area (Å²) in [5.74, 6) is -1.07. The number of amides is 1. The van der Waals surface area contributed by atoms with E-state index in [9.17, 15) is 14.3 Å². The predicted octanol–water partition coefficient (Wildman–Crippen LogP) is 2.35. The number of aliphatic hydroxyl groups excluding tert-OH is 1. The van der Waals surface area contributed by atoms with Crippen LogP contribution in [0.15, 0.2) is 43.0 Å². The van der Waals surface area contributed by atoms with E-state index in [0.29, 0.717) is 42.0 Å². The highest BCUT2D eigenvalue weighted by Gasteiger charge is 2.49. The van der Waals surface area contributed by atoms with Crippen LogP contribution in [0.5, 0.6) is 0 Å². The molecule has 1 aromatic carbocycles. The fourth-order valence-electron chi connectivity index (χ4n) is 5.52. The molecule has 2 aliphatic rings. The smallest absolute Gasteiger partial charge is 0.247 e. The molecule has 0 aliphatic carbocycles. The number of aromatic amines is 1. The summed E-state index contributed by atoms with van der Waals surface area (Å²) in [5.41, 5.74) is 0.992. The lowest BCUT2D eigenvalue weighted by atomic mass is 9.68. The number of carbonyl (C=O) groups excluding carboxylic acids is 1. The molecule has 0 unspecified atom stereocenters. The minimum Gasteiger partial charge on any atom is -0.390 e. The zero-order valence-electron chi connectivity index (χ0n) is 20.1. The van der Waals surface area contributed by atoms with Crippen LogP contribution in [0.1, 0.15) is 42.4 Å². The number of carbonyl (C=O) groups is 1. The van der Waals surface area contributed by atoms with Crippen LogP contribution in [0.3, 0.4) is 0 Å². The first-order valence-electron chi connectivity index (χ1n) is 11.9. The number of nitrogens with one attached hydrogen (secondary N) is 1. The number of pyridine rings is 1. The molecule has 2 N–H and O–H groups in total. The van der Waals surface area contributed by atoms with Gasteiger partial charge in [-0.25, -0.2) is 13.8 Å². The second-order valence-electron chi connectivity index (χ2n) is 9.58. The minimum absolute atomic E-state index is 0.0646. The van der Waals surface area contributed by atoms with E-state index in [0.717, 1.165) is 0 Å². The maximum absolute atomic E-state index is 15.4.